The van der Waals surface area contributed by atoms with Crippen molar-refractivity contribution in [3.63, 3.8) is 0 Å². The Kier molecular flexibility index (Phi) is 5.97. The molecule has 2 rings (SSSR count). The van der Waals surface area contributed by atoms with Gasteiger partial charge in [-0.15, -0.1) is 0 Å². The summed E-state index contributed by atoms with van der Waals surface area (Å²) >= 11 is 0. The number of morpholine rings is 1. The maximum atomic E-state index is 12.3. The van der Waals surface area contributed by atoms with Gasteiger partial charge in [-0.2, -0.15) is 4.31 Å². The molecular formula is C15H22N2O5S. The number of hydrogen-bond acceptors (Lipinski definition) is 5. The van der Waals surface area contributed by atoms with Crippen LogP contribution in [0.25, 0.3) is 6.08 Å². The fourth-order valence-electron chi connectivity index (χ4n) is 2.39. The van der Waals surface area contributed by atoms with E-state index in [9.17, 15) is 13.2 Å². The molecule has 2 unspecified atom stereocenters. The van der Waals surface area contributed by atoms with Gasteiger partial charge in [0.2, 0.25) is 15.9 Å². The molecule has 0 saturated carbocycles. The Labute approximate surface area is 136 Å². The Balaban J connectivity index is 1.79. The van der Waals surface area contributed by atoms with E-state index < -0.39 is 10.0 Å². The van der Waals surface area contributed by atoms with Crippen LogP contribution >= 0.6 is 0 Å². The standard InChI is InChI=1S/C15H22N2O5S/c1-12-10-17(11-13(2)22-12)23(19,20)9-7-16-15(18)6-5-14-4-3-8-21-14/h3-6,8,12-13H,7,9-11H2,1-2H3,(H,16,18)/b6-5+. The number of nitrogens with one attached hydrogen (secondary N) is 1. The zero-order valence-corrected chi connectivity index (χ0v) is 14.1. The first-order valence-electron chi connectivity index (χ1n) is 7.49. The molecule has 8 heteroatoms. The van der Waals surface area contributed by atoms with Gasteiger partial charge in [-0.3, -0.25) is 4.79 Å². The van der Waals surface area contributed by atoms with Crippen LogP contribution in [0.15, 0.2) is 28.9 Å². The fourth-order valence-corrected chi connectivity index (χ4v) is 3.89. The molecule has 0 aliphatic carbocycles. The van der Waals surface area contributed by atoms with Crippen molar-refractivity contribution in [3.05, 3.63) is 30.2 Å². The van der Waals surface area contributed by atoms with Gasteiger partial charge in [0, 0.05) is 25.7 Å². The maximum Gasteiger partial charge on any atom is 0.244 e. The first-order chi connectivity index (χ1) is 10.9. The summed E-state index contributed by atoms with van der Waals surface area (Å²) in [6.07, 6.45) is 4.09. The van der Waals surface area contributed by atoms with Crippen LogP contribution in [-0.2, 0) is 19.6 Å². The van der Waals surface area contributed by atoms with E-state index in [0.29, 0.717) is 18.8 Å². The highest BCUT2D eigenvalue weighted by Gasteiger charge is 2.30. The topological polar surface area (TPSA) is 88.9 Å². The minimum atomic E-state index is -3.41. The number of sulfonamides is 1. The summed E-state index contributed by atoms with van der Waals surface area (Å²) in [5.41, 5.74) is 0. The van der Waals surface area contributed by atoms with Crippen molar-refractivity contribution in [2.24, 2.45) is 0 Å². The molecular weight excluding hydrogens is 320 g/mol. The number of rotatable bonds is 6. The van der Waals surface area contributed by atoms with E-state index in [1.165, 1.54) is 22.7 Å². The smallest absolute Gasteiger partial charge is 0.244 e. The second kappa shape index (κ2) is 7.76. The normalized spacial score (nSPS) is 23.2. The first kappa shape index (κ1) is 17.7. The van der Waals surface area contributed by atoms with Crippen LogP contribution < -0.4 is 5.32 Å². The lowest BCUT2D eigenvalue weighted by atomic mass is 10.3. The zero-order chi connectivity index (χ0) is 16.9. The molecule has 7 nitrogen and oxygen atoms in total. The molecule has 1 fully saturated rings. The van der Waals surface area contributed by atoms with Crippen LogP contribution in [-0.4, -0.2) is 56.2 Å². The minimum Gasteiger partial charge on any atom is -0.465 e. The largest absolute Gasteiger partial charge is 0.465 e. The molecule has 128 valence electrons. The van der Waals surface area contributed by atoms with Crippen molar-refractivity contribution < 1.29 is 22.4 Å². The van der Waals surface area contributed by atoms with Gasteiger partial charge in [-0.25, -0.2) is 8.42 Å². The van der Waals surface area contributed by atoms with Crippen molar-refractivity contribution in [1.82, 2.24) is 9.62 Å². The molecule has 0 spiro atoms. The fraction of sp³-hybridized carbons (Fsp3) is 0.533. The Hall–Kier alpha value is -1.64. The second-order valence-corrected chi connectivity index (χ2v) is 7.62. The van der Waals surface area contributed by atoms with E-state index in [2.05, 4.69) is 5.32 Å². The Morgan fingerprint density at radius 3 is 2.70 bits per heavy atom. The number of carbonyl (C=O) groups is 1. The molecule has 0 radical (unpaired) electrons. The summed E-state index contributed by atoms with van der Waals surface area (Å²) in [5.74, 6) is 0.0663. The van der Waals surface area contributed by atoms with Crippen LogP contribution in [0.5, 0.6) is 0 Å². The molecule has 1 saturated heterocycles. The Morgan fingerprint density at radius 2 is 2.09 bits per heavy atom. The van der Waals surface area contributed by atoms with Crippen LogP contribution in [0.1, 0.15) is 19.6 Å². The summed E-state index contributed by atoms with van der Waals surface area (Å²) in [6, 6.07) is 3.43. The van der Waals surface area contributed by atoms with E-state index in [4.69, 9.17) is 9.15 Å². The monoisotopic (exact) mass is 342 g/mol. The lowest BCUT2D eigenvalue weighted by molar-refractivity contribution is -0.116. The number of carbonyl (C=O) groups excluding carboxylic acids is 1. The van der Waals surface area contributed by atoms with Gasteiger partial charge in [-0.1, -0.05) is 0 Å². The number of furan rings is 1. The van der Waals surface area contributed by atoms with Gasteiger partial charge in [-0.05, 0) is 32.1 Å². The van der Waals surface area contributed by atoms with Crippen LogP contribution in [0.3, 0.4) is 0 Å². The van der Waals surface area contributed by atoms with Gasteiger partial charge in [0.25, 0.3) is 0 Å². The number of hydrogen-bond donors (Lipinski definition) is 1. The SMILES string of the molecule is CC1CN(S(=O)(=O)CCNC(=O)/C=C/c2ccco2)CC(C)O1. The van der Waals surface area contributed by atoms with E-state index in [1.54, 1.807) is 12.1 Å². The molecule has 1 aromatic rings. The van der Waals surface area contributed by atoms with Crippen molar-refractivity contribution in [1.29, 1.82) is 0 Å². The quantitative estimate of drug-likeness (QED) is 0.774. The third kappa shape index (κ3) is 5.49. The van der Waals surface area contributed by atoms with E-state index >= 15 is 0 Å². The minimum absolute atomic E-state index is 0.0593. The second-order valence-electron chi connectivity index (χ2n) is 5.53. The van der Waals surface area contributed by atoms with Crippen molar-refractivity contribution in [3.8, 4) is 0 Å². The Morgan fingerprint density at radius 1 is 1.39 bits per heavy atom. The van der Waals surface area contributed by atoms with E-state index in [1.807, 2.05) is 13.8 Å². The molecule has 0 bridgehead atoms. The van der Waals surface area contributed by atoms with Crippen molar-refractivity contribution in [2.75, 3.05) is 25.4 Å². The van der Waals surface area contributed by atoms with E-state index in [-0.39, 0.29) is 30.4 Å². The van der Waals surface area contributed by atoms with Gasteiger partial charge >= 0.3 is 0 Å². The third-order valence-corrected chi connectivity index (χ3v) is 5.19. The van der Waals surface area contributed by atoms with Gasteiger partial charge in [0.05, 0.1) is 24.2 Å². The zero-order valence-electron chi connectivity index (χ0n) is 13.3. The summed E-state index contributed by atoms with van der Waals surface area (Å²) in [7, 11) is -3.41. The maximum absolute atomic E-state index is 12.3. The molecule has 1 N–H and O–H groups in total. The summed E-state index contributed by atoms with van der Waals surface area (Å²) in [5, 5.41) is 2.56. The summed E-state index contributed by atoms with van der Waals surface area (Å²) in [4.78, 5) is 11.6. The van der Waals surface area contributed by atoms with Gasteiger partial charge in [0.15, 0.2) is 0 Å². The highest BCUT2D eigenvalue weighted by molar-refractivity contribution is 7.89. The number of amides is 1. The van der Waals surface area contributed by atoms with Crippen molar-refractivity contribution >= 4 is 22.0 Å². The lowest BCUT2D eigenvalue weighted by Crippen LogP contribution is -2.49. The highest BCUT2D eigenvalue weighted by atomic mass is 32.2. The first-order valence-corrected chi connectivity index (χ1v) is 9.10. The van der Waals surface area contributed by atoms with Crippen LogP contribution in [0.4, 0.5) is 0 Å². The Bertz CT molecular complexity index is 629. The molecule has 2 heterocycles. The molecule has 1 aliphatic rings. The molecule has 1 aliphatic heterocycles. The predicted octanol–water partition coefficient (Wildman–Crippen LogP) is 0.848. The predicted molar refractivity (Wildman–Crippen MR) is 86.1 cm³/mol. The number of ether oxygens (including phenoxy) is 1. The van der Waals surface area contributed by atoms with Crippen LogP contribution in [0.2, 0.25) is 0 Å². The van der Waals surface area contributed by atoms with E-state index in [0.717, 1.165) is 0 Å². The van der Waals surface area contributed by atoms with Crippen molar-refractivity contribution in [2.45, 2.75) is 26.1 Å². The molecule has 1 aromatic heterocycles. The molecule has 2 atom stereocenters. The lowest BCUT2D eigenvalue weighted by Gasteiger charge is -2.34. The molecule has 23 heavy (non-hydrogen) atoms. The summed E-state index contributed by atoms with van der Waals surface area (Å²) in [6.45, 7) is 4.45. The third-order valence-electron chi connectivity index (χ3n) is 3.38. The molecule has 1 amide bonds. The average molecular weight is 342 g/mol. The summed E-state index contributed by atoms with van der Waals surface area (Å²) < 4.78 is 36.6. The van der Waals surface area contributed by atoms with Gasteiger partial charge < -0.3 is 14.5 Å². The van der Waals surface area contributed by atoms with Crippen LogP contribution in [0, 0.1) is 0 Å². The highest BCUT2D eigenvalue weighted by Crippen LogP contribution is 2.14. The molecule has 0 aromatic carbocycles. The average Bonchev–Trinajstić information content (AvgIpc) is 2.97. The van der Waals surface area contributed by atoms with Gasteiger partial charge in [0.1, 0.15) is 5.76 Å². The number of nitrogens with zero attached hydrogens (tertiary/aromatic N) is 1.